The summed E-state index contributed by atoms with van der Waals surface area (Å²) in [6, 6.07) is -0.0834. The highest BCUT2D eigenvalue weighted by Gasteiger charge is 2.28. The maximum absolute atomic E-state index is 11.5. The fourth-order valence-corrected chi connectivity index (χ4v) is 1.51. The maximum Gasteiger partial charge on any atom is 0.242 e. The van der Waals surface area contributed by atoms with E-state index in [1.165, 1.54) is 4.90 Å². The number of hydrogen-bond donors (Lipinski definition) is 1. The molecule has 2 N–H and O–H groups in total. The first-order valence-corrected chi connectivity index (χ1v) is 4.85. The highest BCUT2D eigenvalue weighted by atomic mass is 16.2. The summed E-state index contributed by atoms with van der Waals surface area (Å²) in [7, 11) is 0. The highest BCUT2D eigenvalue weighted by Crippen LogP contribution is 2.04. The number of nitrogens with zero attached hydrogens (tertiary/aromatic N) is 2. The number of rotatable bonds is 3. The average molecular weight is 199 g/mol. The van der Waals surface area contributed by atoms with Crippen LogP contribution in [0.15, 0.2) is 0 Å². The van der Waals surface area contributed by atoms with Gasteiger partial charge >= 0.3 is 0 Å². The Morgan fingerprint density at radius 2 is 1.79 bits per heavy atom. The number of hydrogen-bond acceptors (Lipinski definition) is 3. The first kappa shape index (κ1) is 11.0. The van der Waals surface area contributed by atoms with Gasteiger partial charge in [0.25, 0.3) is 0 Å². The van der Waals surface area contributed by atoms with Crippen LogP contribution in [0.4, 0.5) is 0 Å². The summed E-state index contributed by atoms with van der Waals surface area (Å²) in [5.74, 6) is -0.00324. The predicted molar refractivity (Wildman–Crippen MR) is 52.5 cm³/mol. The molecule has 5 nitrogen and oxygen atoms in total. The molecule has 80 valence electrons. The molecule has 1 atom stereocenters. The number of likely N-dealkylation sites (N-methyl/N-ethyl adjacent to an activating group) is 1. The van der Waals surface area contributed by atoms with E-state index in [2.05, 4.69) is 0 Å². The molecule has 0 aliphatic carbocycles. The molecule has 1 saturated heterocycles. The van der Waals surface area contributed by atoms with E-state index in [4.69, 9.17) is 5.73 Å². The minimum absolute atomic E-state index is 0.00718. The lowest BCUT2D eigenvalue weighted by Gasteiger charge is -2.34. The molecule has 1 fully saturated rings. The molecule has 2 amide bonds. The first-order chi connectivity index (χ1) is 6.54. The van der Waals surface area contributed by atoms with Crippen molar-refractivity contribution in [3.05, 3.63) is 0 Å². The number of carbonyl (C=O) groups excluding carboxylic acids is 2. The Labute approximate surface area is 83.8 Å². The van der Waals surface area contributed by atoms with Crippen molar-refractivity contribution < 1.29 is 9.59 Å². The van der Waals surface area contributed by atoms with Crippen molar-refractivity contribution in [2.45, 2.75) is 19.9 Å². The van der Waals surface area contributed by atoms with Crippen LogP contribution in [0, 0.1) is 0 Å². The normalized spacial score (nSPS) is 20.2. The summed E-state index contributed by atoms with van der Waals surface area (Å²) >= 11 is 0. The summed E-state index contributed by atoms with van der Waals surface area (Å²) in [5.41, 5.74) is 5.58. The summed E-state index contributed by atoms with van der Waals surface area (Å²) in [6.45, 7) is 5.12. The van der Waals surface area contributed by atoms with Crippen LogP contribution in [0.1, 0.15) is 13.8 Å². The van der Waals surface area contributed by atoms with E-state index in [9.17, 15) is 9.59 Å². The van der Waals surface area contributed by atoms with Gasteiger partial charge in [0, 0.05) is 19.1 Å². The maximum atomic E-state index is 11.5. The molecule has 5 heteroatoms. The third-order valence-electron chi connectivity index (χ3n) is 2.25. The number of piperazine rings is 1. The third kappa shape index (κ3) is 2.45. The number of amides is 2. The molecule has 0 saturated carbocycles. The Morgan fingerprint density at radius 1 is 1.29 bits per heavy atom. The van der Waals surface area contributed by atoms with Gasteiger partial charge in [-0.25, -0.2) is 0 Å². The Balaban J connectivity index is 2.57. The van der Waals surface area contributed by atoms with Crippen LogP contribution in [0.25, 0.3) is 0 Å². The van der Waals surface area contributed by atoms with Crippen LogP contribution in [0.3, 0.4) is 0 Å². The topological polar surface area (TPSA) is 66.6 Å². The zero-order valence-electron chi connectivity index (χ0n) is 8.69. The van der Waals surface area contributed by atoms with Crippen LogP contribution in [0.2, 0.25) is 0 Å². The van der Waals surface area contributed by atoms with Crippen LogP contribution in [-0.4, -0.2) is 53.8 Å². The molecule has 1 rings (SSSR count). The molecule has 0 spiro atoms. The fraction of sp³-hybridized carbons (Fsp3) is 0.778. The Hall–Kier alpha value is -1.10. The molecule has 1 aliphatic heterocycles. The molecule has 0 aromatic carbocycles. The van der Waals surface area contributed by atoms with Gasteiger partial charge in [0.1, 0.15) is 0 Å². The van der Waals surface area contributed by atoms with Crippen molar-refractivity contribution in [1.82, 2.24) is 9.80 Å². The molecule has 0 radical (unpaired) electrons. The van der Waals surface area contributed by atoms with Crippen molar-refractivity contribution in [2.75, 3.05) is 26.2 Å². The van der Waals surface area contributed by atoms with Crippen molar-refractivity contribution in [3.63, 3.8) is 0 Å². The molecule has 14 heavy (non-hydrogen) atoms. The molecule has 0 aromatic rings. The summed E-state index contributed by atoms with van der Waals surface area (Å²) in [5, 5.41) is 0. The quantitative estimate of drug-likeness (QED) is 0.635. The third-order valence-corrected chi connectivity index (χ3v) is 2.25. The van der Waals surface area contributed by atoms with Gasteiger partial charge < -0.3 is 15.5 Å². The average Bonchev–Trinajstić information content (AvgIpc) is 2.10. The molecule has 1 heterocycles. The zero-order valence-corrected chi connectivity index (χ0v) is 8.69. The van der Waals surface area contributed by atoms with E-state index in [-0.39, 0.29) is 30.9 Å². The molecular weight excluding hydrogens is 182 g/mol. The second kappa shape index (κ2) is 4.41. The number of carbonyl (C=O) groups is 2. The van der Waals surface area contributed by atoms with Gasteiger partial charge in [-0.1, -0.05) is 0 Å². The lowest BCUT2D eigenvalue weighted by molar-refractivity contribution is -0.150. The fourth-order valence-electron chi connectivity index (χ4n) is 1.51. The summed E-state index contributed by atoms with van der Waals surface area (Å²) < 4.78 is 0. The Bertz CT molecular complexity index is 240. The van der Waals surface area contributed by atoms with Gasteiger partial charge in [-0.2, -0.15) is 0 Å². The monoisotopic (exact) mass is 199 g/mol. The molecular formula is C9H17N3O2. The van der Waals surface area contributed by atoms with E-state index in [1.54, 1.807) is 4.90 Å². The Morgan fingerprint density at radius 3 is 2.29 bits per heavy atom. The van der Waals surface area contributed by atoms with E-state index in [1.807, 2.05) is 13.8 Å². The van der Waals surface area contributed by atoms with E-state index >= 15 is 0 Å². The van der Waals surface area contributed by atoms with E-state index in [0.29, 0.717) is 13.1 Å². The van der Waals surface area contributed by atoms with Gasteiger partial charge in [0.2, 0.25) is 11.8 Å². The SMILES string of the molecule is CCN1CC(=O)N(C[C@H](C)N)CC1=O. The lowest BCUT2D eigenvalue weighted by Crippen LogP contribution is -2.55. The van der Waals surface area contributed by atoms with Gasteiger partial charge in [0.05, 0.1) is 13.1 Å². The van der Waals surface area contributed by atoms with Gasteiger partial charge in [-0.3, -0.25) is 9.59 Å². The highest BCUT2D eigenvalue weighted by molar-refractivity contribution is 5.92. The van der Waals surface area contributed by atoms with Crippen LogP contribution >= 0.6 is 0 Å². The van der Waals surface area contributed by atoms with Gasteiger partial charge in [-0.15, -0.1) is 0 Å². The van der Waals surface area contributed by atoms with Gasteiger partial charge in [-0.05, 0) is 13.8 Å². The van der Waals surface area contributed by atoms with Gasteiger partial charge in [0.15, 0.2) is 0 Å². The second-order valence-electron chi connectivity index (χ2n) is 3.66. The molecule has 1 aliphatic rings. The Kier molecular flexibility index (Phi) is 3.46. The van der Waals surface area contributed by atoms with Crippen LogP contribution in [-0.2, 0) is 9.59 Å². The molecule has 0 aromatic heterocycles. The summed E-state index contributed by atoms with van der Waals surface area (Å²) in [4.78, 5) is 26.1. The second-order valence-corrected chi connectivity index (χ2v) is 3.66. The summed E-state index contributed by atoms with van der Waals surface area (Å²) in [6.07, 6.45) is 0. The van der Waals surface area contributed by atoms with Crippen LogP contribution < -0.4 is 5.73 Å². The van der Waals surface area contributed by atoms with Crippen molar-refractivity contribution in [2.24, 2.45) is 5.73 Å². The van der Waals surface area contributed by atoms with Crippen molar-refractivity contribution >= 4 is 11.8 Å². The standard InChI is InChI=1S/C9H17N3O2/c1-3-11-5-9(14)12(4-7(2)10)6-8(11)13/h7H,3-6,10H2,1-2H3/t7-/m0/s1. The van der Waals surface area contributed by atoms with Crippen molar-refractivity contribution in [1.29, 1.82) is 0 Å². The predicted octanol–water partition coefficient (Wildman–Crippen LogP) is -0.976. The minimum atomic E-state index is -0.0834. The lowest BCUT2D eigenvalue weighted by atomic mass is 10.2. The minimum Gasteiger partial charge on any atom is -0.332 e. The largest absolute Gasteiger partial charge is 0.332 e. The zero-order chi connectivity index (χ0) is 10.7. The van der Waals surface area contributed by atoms with Crippen molar-refractivity contribution in [3.8, 4) is 0 Å². The van der Waals surface area contributed by atoms with E-state index < -0.39 is 0 Å². The van der Waals surface area contributed by atoms with E-state index in [0.717, 1.165) is 0 Å². The first-order valence-electron chi connectivity index (χ1n) is 4.85. The number of nitrogens with two attached hydrogens (primary N) is 1. The molecule has 0 bridgehead atoms. The smallest absolute Gasteiger partial charge is 0.242 e. The molecule has 0 unspecified atom stereocenters. The van der Waals surface area contributed by atoms with Crippen LogP contribution in [0.5, 0.6) is 0 Å².